The third-order valence-corrected chi connectivity index (χ3v) is 7.72. The van der Waals surface area contributed by atoms with Gasteiger partial charge in [0.15, 0.2) is 5.13 Å². The van der Waals surface area contributed by atoms with Crippen molar-refractivity contribution in [3.63, 3.8) is 0 Å². The van der Waals surface area contributed by atoms with Crippen molar-refractivity contribution in [2.75, 3.05) is 22.5 Å². The molecular weight excluding hydrogens is 450 g/mol. The molecule has 2 aromatic carbocycles. The van der Waals surface area contributed by atoms with Gasteiger partial charge in [-0.05, 0) is 36.4 Å². The molecule has 1 aliphatic rings. The molecule has 1 saturated heterocycles. The molecule has 2 heterocycles. The van der Waals surface area contributed by atoms with E-state index >= 15 is 0 Å². The Labute approximate surface area is 181 Å². The molecule has 0 saturated carbocycles. The third kappa shape index (κ3) is 3.62. The number of carbonyl (C=O) groups is 2. The van der Waals surface area contributed by atoms with Gasteiger partial charge >= 0.3 is 0 Å². The zero-order valence-corrected chi connectivity index (χ0v) is 18.3. The number of nitrogens with one attached hydrogen (secondary N) is 1. The molecule has 0 radical (unpaired) electrons. The van der Waals surface area contributed by atoms with Crippen molar-refractivity contribution in [3.8, 4) is 5.75 Å². The number of thiazole rings is 1. The van der Waals surface area contributed by atoms with Gasteiger partial charge in [-0.2, -0.15) is 0 Å². The van der Waals surface area contributed by atoms with Crippen LogP contribution in [0.25, 0.3) is 10.2 Å². The minimum Gasteiger partial charge on any atom is -0.497 e. The fraction of sp³-hybridized carbons (Fsp3) is 0.211. The van der Waals surface area contributed by atoms with Crippen LogP contribution in [0.15, 0.2) is 36.4 Å². The summed E-state index contributed by atoms with van der Waals surface area (Å²) in [5.74, 6) is -1.22. The van der Waals surface area contributed by atoms with Gasteiger partial charge in [0.25, 0.3) is 5.91 Å². The Morgan fingerprint density at radius 3 is 2.70 bits per heavy atom. The van der Waals surface area contributed by atoms with E-state index in [-0.39, 0.29) is 22.0 Å². The Bertz CT molecular complexity index is 1290. The van der Waals surface area contributed by atoms with Crippen LogP contribution in [0.4, 0.5) is 10.8 Å². The SMILES string of the molecule is COc1ccc2nc(NC(=O)c3ccc(N4C(=O)C(C)CS4(=O)=O)cc3Cl)sc2c1. The molecule has 11 heteroatoms. The number of benzene rings is 2. The number of carbonyl (C=O) groups excluding carboxylic acids is 2. The Morgan fingerprint density at radius 2 is 2.07 bits per heavy atom. The van der Waals surface area contributed by atoms with E-state index < -0.39 is 27.8 Å². The van der Waals surface area contributed by atoms with Crippen molar-refractivity contribution in [1.29, 1.82) is 0 Å². The molecule has 2 amide bonds. The molecule has 3 aromatic rings. The van der Waals surface area contributed by atoms with E-state index in [0.29, 0.717) is 16.4 Å². The third-order valence-electron chi connectivity index (χ3n) is 4.61. The highest BCUT2D eigenvalue weighted by molar-refractivity contribution is 7.94. The van der Waals surface area contributed by atoms with Crippen LogP contribution in [0, 0.1) is 5.92 Å². The lowest BCUT2D eigenvalue weighted by atomic mass is 10.1. The van der Waals surface area contributed by atoms with Crippen LogP contribution in [0.3, 0.4) is 0 Å². The lowest BCUT2D eigenvalue weighted by Gasteiger charge is -2.16. The highest BCUT2D eigenvalue weighted by Crippen LogP contribution is 2.33. The maximum Gasteiger partial charge on any atom is 0.258 e. The summed E-state index contributed by atoms with van der Waals surface area (Å²) in [6.45, 7) is 1.55. The van der Waals surface area contributed by atoms with Gasteiger partial charge in [0.1, 0.15) is 5.75 Å². The zero-order chi connectivity index (χ0) is 21.6. The molecule has 1 fully saturated rings. The predicted octanol–water partition coefficient (Wildman–Crippen LogP) is 3.52. The summed E-state index contributed by atoms with van der Waals surface area (Å²) in [4.78, 5) is 29.2. The Kier molecular flexibility index (Phi) is 5.16. The largest absolute Gasteiger partial charge is 0.497 e. The number of nitrogens with zero attached hydrogens (tertiary/aromatic N) is 2. The second-order valence-electron chi connectivity index (χ2n) is 6.75. The summed E-state index contributed by atoms with van der Waals surface area (Å²) in [5.41, 5.74) is 0.955. The van der Waals surface area contributed by atoms with Gasteiger partial charge in [-0.15, -0.1) is 0 Å². The summed E-state index contributed by atoms with van der Waals surface area (Å²) in [6.07, 6.45) is 0. The average Bonchev–Trinajstić information content (AvgIpc) is 3.17. The number of halogens is 1. The number of anilines is 2. The number of rotatable bonds is 4. The van der Waals surface area contributed by atoms with Gasteiger partial charge in [0.2, 0.25) is 15.9 Å². The van der Waals surface area contributed by atoms with Gasteiger partial charge in [0.05, 0.1) is 45.3 Å². The normalized spacial score (nSPS) is 18.0. The molecule has 0 bridgehead atoms. The Morgan fingerprint density at radius 1 is 1.30 bits per heavy atom. The molecule has 1 N–H and O–H groups in total. The minimum atomic E-state index is -3.75. The van der Waals surface area contributed by atoms with Crippen LogP contribution in [-0.2, 0) is 14.8 Å². The molecule has 1 atom stereocenters. The standard InChI is InChI=1S/C19H16ClN3O5S2/c1-10-9-30(26,27)23(18(10)25)11-3-5-13(14(20)7-11)17(24)22-19-21-15-6-4-12(28-2)8-16(15)29-19/h3-8,10H,9H2,1-2H3,(H,21,22,24). The molecular formula is C19H16ClN3O5S2. The van der Waals surface area contributed by atoms with Gasteiger partial charge in [0, 0.05) is 0 Å². The summed E-state index contributed by atoms with van der Waals surface area (Å²) in [5, 5.41) is 3.10. The van der Waals surface area contributed by atoms with Crippen molar-refractivity contribution >= 4 is 65.8 Å². The lowest BCUT2D eigenvalue weighted by Crippen LogP contribution is -2.30. The van der Waals surface area contributed by atoms with Crippen LogP contribution >= 0.6 is 22.9 Å². The molecule has 8 nitrogen and oxygen atoms in total. The second-order valence-corrected chi connectivity index (χ2v) is 10.1. The first kappa shape index (κ1) is 20.6. The number of methoxy groups -OCH3 is 1. The fourth-order valence-corrected chi connectivity index (χ4v) is 6.11. The minimum absolute atomic E-state index is 0.0235. The average molecular weight is 466 g/mol. The number of amides is 2. The van der Waals surface area contributed by atoms with E-state index in [1.807, 2.05) is 6.07 Å². The fourth-order valence-electron chi connectivity index (χ4n) is 3.15. The van der Waals surface area contributed by atoms with Crippen molar-refractivity contribution in [2.45, 2.75) is 6.92 Å². The molecule has 1 aromatic heterocycles. The maximum absolute atomic E-state index is 12.7. The van der Waals surface area contributed by atoms with Crippen LogP contribution in [0.2, 0.25) is 5.02 Å². The monoisotopic (exact) mass is 465 g/mol. The Balaban J connectivity index is 1.59. The van der Waals surface area contributed by atoms with Gasteiger partial charge < -0.3 is 4.74 Å². The topological polar surface area (TPSA) is 106 Å². The lowest BCUT2D eigenvalue weighted by molar-refractivity contribution is -0.119. The van der Waals surface area contributed by atoms with Crippen molar-refractivity contribution in [1.82, 2.24) is 4.98 Å². The number of hydrogen-bond donors (Lipinski definition) is 1. The number of sulfonamides is 1. The van der Waals surface area contributed by atoms with Crippen LogP contribution < -0.4 is 14.4 Å². The highest BCUT2D eigenvalue weighted by atomic mass is 35.5. The summed E-state index contributed by atoms with van der Waals surface area (Å²) < 4.78 is 31.3. The first-order chi connectivity index (χ1) is 14.2. The Hall–Kier alpha value is -2.69. The van der Waals surface area contributed by atoms with E-state index in [0.717, 1.165) is 9.01 Å². The molecule has 0 spiro atoms. The van der Waals surface area contributed by atoms with Crippen LogP contribution in [0.5, 0.6) is 5.75 Å². The molecule has 156 valence electrons. The summed E-state index contributed by atoms with van der Waals surface area (Å²) in [6, 6.07) is 9.45. The van der Waals surface area contributed by atoms with Crippen LogP contribution in [-0.4, -0.2) is 38.1 Å². The summed E-state index contributed by atoms with van der Waals surface area (Å²) >= 11 is 7.52. The predicted molar refractivity (Wildman–Crippen MR) is 116 cm³/mol. The zero-order valence-electron chi connectivity index (χ0n) is 15.9. The number of aromatic nitrogens is 1. The number of hydrogen-bond acceptors (Lipinski definition) is 7. The van der Waals surface area contributed by atoms with Crippen molar-refractivity contribution in [2.24, 2.45) is 5.92 Å². The van der Waals surface area contributed by atoms with E-state index in [4.69, 9.17) is 16.3 Å². The number of fused-ring (bicyclic) bond motifs is 1. The molecule has 4 rings (SSSR count). The first-order valence-corrected chi connectivity index (χ1v) is 11.6. The number of ether oxygens (including phenoxy) is 1. The maximum atomic E-state index is 12.7. The molecule has 1 aliphatic heterocycles. The van der Waals surface area contributed by atoms with Gasteiger partial charge in [-0.3, -0.25) is 14.9 Å². The van der Waals surface area contributed by atoms with E-state index in [1.165, 1.54) is 29.5 Å². The highest BCUT2D eigenvalue weighted by Gasteiger charge is 2.42. The van der Waals surface area contributed by atoms with Crippen molar-refractivity contribution < 1.29 is 22.7 Å². The molecule has 1 unspecified atom stereocenters. The van der Waals surface area contributed by atoms with E-state index in [1.54, 1.807) is 26.2 Å². The summed E-state index contributed by atoms with van der Waals surface area (Å²) in [7, 11) is -2.18. The van der Waals surface area contributed by atoms with E-state index in [9.17, 15) is 18.0 Å². The van der Waals surface area contributed by atoms with Crippen LogP contribution in [0.1, 0.15) is 17.3 Å². The molecule has 30 heavy (non-hydrogen) atoms. The first-order valence-electron chi connectivity index (χ1n) is 8.82. The van der Waals surface area contributed by atoms with E-state index in [2.05, 4.69) is 10.3 Å². The quantitative estimate of drug-likeness (QED) is 0.631. The smallest absolute Gasteiger partial charge is 0.258 e. The van der Waals surface area contributed by atoms with Gasteiger partial charge in [-0.25, -0.2) is 17.7 Å². The van der Waals surface area contributed by atoms with Gasteiger partial charge in [-0.1, -0.05) is 29.9 Å². The second kappa shape index (κ2) is 7.53. The van der Waals surface area contributed by atoms with Crippen molar-refractivity contribution in [3.05, 3.63) is 47.0 Å². The molecule has 0 aliphatic carbocycles.